The van der Waals surface area contributed by atoms with E-state index in [0.29, 0.717) is 34.6 Å². The molecule has 0 saturated carbocycles. The average Bonchev–Trinajstić information content (AvgIpc) is 2.88. The lowest BCUT2D eigenvalue weighted by Gasteiger charge is -2.37. The maximum atomic E-state index is 14.3. The van der Waals surface area contributed by atoms with Crippen LogP contribution in [0.3, 0.4) is 0 Å². The Morgan fingerprint density at radius 1 is 0.947 bits per heavy atom. The number of piperidine rings is 1. The highest BCUT2D eigenvalue weighted by atomic mass is 19.4. The molecule has 0 aromatic heterocycles. The summed E-state index contributed by atoms with van der Waals surface area (Å²) >= 11 is 0. The van der Waals surface area contributed by atoms with Crippen LogP contribution in [0.2, 0.25) is 0 Å². The monoisotopic (exact) mass is 531 g/mol. The SMILES string of the molecule is CC1CCN(C(Cc2ccc(C(C)C(=O)O)cc2-c2ccc(C(F)(F)F)cc2)c2ccc(F)c(F)c2)CC1. The van der Waals surface area contributed by atoms with Crippen molar-refractivity contribution in [1.29, 1.82) is 0 Å². The Bertz CT molecular complexity index is 1280. The van der Waals surface area contributed by atoms with Crippen LogP contribution in [-0.4, -0.2) is 29.1 Å². The predicted molar refractivity (Wildman–Crippen MR) is 136 cm³/mol. The smallest absolute Gasteiger partial charge is 0.416 e. The number of alkyl halides is 3. The van der Waals surface area contributed by atoms with Crippen LogP contribution in [0.4, 0.5) is 22.0 Å². The molecule has 1 saturated heterocycles. The Hall–Kier alpha value is -3.26. The van der Waals surface area contributed by atoms with Crippen LogP contribution in [0, 0.1) is 17.6 Å². The molecule has 1 fully saturated rings. The molecule has 0 spiro atoms. The number of rotatable bonds is 7. The molecule has 1 N–H and O–H groups in total. The van der Waals surface area contributed by atoms with Gasteiger partial charge in [-0.15, -0.1) is 0 Å². The van der Waals surface area contributed by atoms with Gasteiger partial charge in [-0.05, 0) is 97.3 Å². The Morgan fingerprint density at radius 2 is 1.58 bits per heavy atom. The van der Waals surface area contributed by atoms with Crippen LogP contribution < -0.4 is 0 Å². The highest BCUT2D eigenvalue weighted by Crippen LogP contribution is 2.37. The fourth-order valence-electron chi connectivity index (χ4n) is 5.02. The van der Waals surface area contributed by atoms with Gasteiger partial charge in [-0.1, -0.05) is 43.3 Å². The number of nitrogens with zero attached hydrogens (tertiary/aromatic N) is 1. The Kier molecular flexibility index (Phi) is 8.21. The molecular weight excluding hydrogens is 501 g/mol. The Morgan fingerprint density at radius 3 is 2.16 bits per heavy atom. The zero-order chi connectivity index (χ0) is 27.6. The molecule has 1 aliphatic rings. The van der Waals surface area contributed by atoms with E-state index in [1.54, 1.807) is 31.2 Å². The summed E-state index contributed by atoms with van der Waals surface area (Å²) in [5.41, 5.74) is 2.26. The lowest BCUT2D eigenvalue weighted by atomic mass is 9.87. The van der Waals surface area contributed by atoms with E-state index < -0.39 is 35.3 Å². The summed E-state index contributed by atoms with van der Waals surface area (Å²) in [5, 5.41) is 9.53. The van der Waals surface area contributed by atoms with Gasteiger partial charge < -0.3 is 5.11 Å². The molecule has 3 aromatic carbocycles. The number of aliphatic carboxylic acids is 1. The molecule has 8 heteroatoms. The molecule has 4 rings (SSSR count). The van der Waals surface area contributed by atoms with E-state index in [-0.39, 0.29) is 6.04 Å². The van der Waals surface area contributed by atoms with Crippen molar-refractivity contribution in [2.75, 3.05) is 13.1 Å². The summed E-state index contributed by atoms with van der Waals surface area (Å²) in [5.74, 6) is -3.15. The van der Waals surface area contributed by atoms with Crippen molar-refractivity contribution >= 4 is 5.97 Å². The molecule has 38 heavy (non-hydrogen) atoms. The Balaban J connectivity index is 1.79. The van der Waals surface area contributed by atoms with E-state index in [1.807, 2.05) is 0 Å². The number of carboxylic acid groups (broad SMARTS) is 1. The van der Waals surface area contributed by atoms with E-state index in [4.69, 9.17) is 0 Å². The Labute approximate surface area is 218 Å². The standard InChI is InChI=1S/C30H30F5NO2/c1-18-11-13-36(14-12-18)28(23-7-10-26(31)27(32)16-23)17-22-4-3-21(19(2)29(37)38)15-25(22)20-5-8-24(9-6-20)30(33,34)35/h3-10,15-16,18-19,28H,11-14,17H2,1-2H3,(H,37,38). The van der Waals surface area contributed by atoms with Crippen molar-refractivity contribution < 1.29 is 31.9 Å². The number of benzene rings is 3. The maximum Gasteiger partial charge on any atom is 0.416 e. The fraction of sp³-hybridized carbons (Fsp3) is 0.367. The third kappa shape index (κ3) is 6.23. The number of likely N-dealkylation sites (tertiary alicyclic amines) is 1. The lowest BCUT2D eigenvalue weighted by Crippen LogP contribution is -2.37. The third-order valence-corrected chi connectivity index (χ3v) is 7.53. The van der Waals surface area contributed by atoms with Gasteiger partial charge in [-0.3, -0.25) is 9.69 Å². The minimum absolute atomic E-state index is 0.298. The molecule has 3 nitrogen and oxygen atoms in total. The highest BCUT2D eigenvalue weighted by molar-refractivity contribution is 5.77. The molecule has 3 aromatic rings. The van der Waals surface area contributed by atoms with Crippen molar-refractivity contribution in [3.05, 3.63) is 94.6 Å². The quantitative estimate of drug-likeness (QED) is 0.316. The molecule has 1 aliphatic heterocycles. The van der Waals surface area contributed by atoms with Gasteiger partial charge in [0.15, 0.2) is 11.6 Å². The van der Waals surface area contributed by atoms with Crippen molar-refractivity contribution in [1.82, 2.24) is 4.90 Å². The molecular formula is C30H30F5NO2. The van der Waals surface area contributed by atoms with E-state index in [2.05, 4.69) is 11.8 Å². The van der Waals surface area contributed by atoms with Crippen molar-refractivity contribution in [2.24, 2.45) is 5.92 Å². The van der Waals surface area contributed by atoms with Gasteiger partial charge in [0.1, 0.15) is 0 Å². The van der Waals surface area contributed by atoms with Crippen LogP contribution in [0.5, 0.6) is 0 Å². The van der Waals surface area contributed by atoms with E-state index >= 15 is 0 Å². The zero-order valence-corrected chi connectivity index (χ0v) is 21.2. The second kappa shape index (κ2) is 11.2. The number of halogens is 5. The zero-order valence-electron chi connectivity index (χ0n) is 21.2. The number of carboxylic acids is 1. The van der Waals surface area contributed by atoms with Gasteiger partial charge in [0.05, 0.1) is 11.5 Å². The molecule has 0 radical (unpaired) electrons. The summed E-state index contributed by atoms with van der Waals surface area (Å²) in [6.07, 6.45) is -2.18. The maximum absolute atomic E-state index is 14.3. The van der Waals surface area contributed by atoms with Crippen LogP contribution in [0.25, 0.3) is 11.1 Å². The largest absolute Gasteiger partial charge is 0.481 e. The summed E-state index contributed by atoms with van der Waals surface area (Å²) in [6.45, 7) is 5.27. The first-order chi connectivity index (χ1) is 17.9. The number of hydrogen-bond acceptors (Lipinski definition) is 2. The molecule has 0 aliphatic carbocycles. The first-order valence-electron chi connectivity index (χ1n) is 12.7. The van der Waals surface area contributed by atoms with Crippen molar-refractivity contribution in [2.45, 2.75) is 51.2 Å². The average molecular weight is 532 g/mol. The molecule has 0 bridgehead atoms. The van der Waals surface area contributed by atoms with Gasteiger partial charge >= 0.3 is 12.1 Å². The number of hydrogen-bond donors (Lipinski definition) is 1. The second-order valence-corrected chi connectivity index (χ2v) is 10.2. The van der Waals surface area contributed by atoms with Gasteiger partial charge in [-0.2, -0.15) is 13.2 Å². The van der Waals surface area contributed by atoms with Crippen molar-refractivity contribution in [3.8, 4) is 11.1 Å². The first-order valence-corrected chi connectivity index (χ1v) is 12.7. The van der Waals surface area contributed by atoms with E-state index in [1.165, 1.54) is 18.2 Å². The minimum atomic E-state index is -4.48. The van der Waals surface area contributed by atoms with Crippen LogP contribution in [-0.2, 0) is 17.4 Å². The first kappa shape index (κ1) is 27.8. The van der Waals surface area contributed by atoms with Gasteiger partial charge in [0.2, 0.25) is 0 Å². The summed E-state index contributed by atoms with van der Waals surface area (Å²) < 4.78 is 67.6. The normalized spacial score (nSPS) is 16.8. The van der Waals surface area contributed by atoms with E-state index in [9.17, 15) is 31.9 Å². The van der Waals surface area contributed by atoms with Gasteiger partial charge in [-0.25, -0.2) is 8.78 Å². The van der Waals surface area contributed by atoms with Crippen molar-refractivity contribution in [3.63, 3.8) is 0 Å². The highest BCUT2D eigenvalue weighted by Gasteiger charge is 2.31. The van der Waals surface area contributed by atoms with Gasteiger partial charge in [0.25, 0.3) is 0 Å². The number of carbonyl (C=O) groups is 1. The summed E-state index contributed by atoms with van der Waals surface area (Å²) in [4.78, 5) is 13.9. The van der Waals surface area contributed by atoms with Gasteiger partial charge in [0, 0.05) is 6.04 Å². The minimum Gasteiger partial charge on any atom is -0.481 e. The van der Waals surface area contributed by atoms with Crippen LogP contribution in [0.15, 0.2) is 60.7 Å². The van der Waals surface area contributed by atoms with Crippen LogP contribution in [0.1, 0.15) is 60.9 Å². The predicted octanol–water partition coefficient (Wildman–Crippen LogP) is 7.85. The second-order valence-electron chi connectivity index (χ2n) is 10.2. The summed E-state index contributed by atoms with van der Waals surface area (Å²) in [6, 6.07) is 13.6. The summed E-state index contributed by atoms with van der Waals surface area (Å²) in [7, 11) is 0. The lowest BCUT2D eigenvalue weighted by molar-refractivity contribution is -0.138. The molecule has 1 heterocycles. The third-order valence-electron chi connectivity index (χ3n) is 7.53. The fourth-order valence-corrected chi connectivity index (χ4v) is 5.02. The molecule has 2 unspecified atom stereocenters. The molecule has 2 atom stereocenters. The molecule has 202 valence electrons. The molecule has 0 amide bonds. The van der Waals surface area contributed by atoms with E-state index in [0.717, 1.165) is 49.7 Å². The van der Waals surface area contributed by atoms with Crippen LogP contribution >= 0.6 is 0 Å². The topological polar surface area (TPSA) is 40.5 Å².